The number of pyridine rings is 1. The van der Waals surface area contributed by atoms with Crippen LogP contribution in [0.2, 0.25) is 0 Å². The Balaban J connectivity index is 1.53. The lowest BCUT2D eigenvalue weighted by Gasteiger charge is -2.24. The number of hydrogen-bond donors (Lipinski definition) is 1. The minimum atomic E-state index is -0.989. The van der Waals surface area contributed by atoms with E-state index in [2.05, 4.69) is 28.8 Å². The van der Waals surface area contributed by atoms with Crippen LogP contribution in [-0.2, 0) is 22.6 Å². The third-order valence-corrected chi connectivity index (χ3v) is 7.94. The number of rotatable bonds is 11. The van der Waals surface area contributed by atoms with Crippen molar-refractivity contribution in [2.24, 2.45) is 11.8 Å². The molecule has 1 aliphatic carbocycles. The summed E-state index contributed by atoms with van der Waals surface area (Å²) in [5.41, 5.74) is 2.23. The molecule has 4 rings (SSSR count). The van der Waals surface area contributed by atoms with Crippen LogP contribution in [0.3, 0.4) is 0 Å². The minimum Gasteiger partial charge on any atom is -0.461 e. The Hall–Kier alpha value is -2.10. The lowest BCUT2D eigenvalue weighted by atomic mass is 10.0. The third kappa shape index (κ3) is 5.75. The van der Waals surface area contributed by atoms with Gasteiger partial charge in [0.25, 0.3) is 0 Å². The van der Waals surface area contributed by atoms with E-state index in [1.54, 1.807) is 13.0 Å². The Morgan fingerprint density at radius 1 is 1.24 bits per heavy atom. The fraction of sp³-hybridized carbons (Fsp3) is 0.640. The molecule has 0 bridgehead atoms. The maximum Gasteiger partial charge on any atom is 0.356 e. The van der Waals surface area contributed by atoms with Crippen molar-refractivity contribution in [3.05, 3.63) is 40.8 Å². The second-order valence-corrected chi connectivity index (χ2v) is 14.7. The van der Waals surface area contributed by atoms with Gasteiger partial charge in [0.1, 0.15) is 24.3 Å². The molecule has 0 aromatic carbocycles. The standard InChI is InChI=1S/C25H38N4O4S/c1-6-20-19(8-9-23(26-20)28-14-17-12-18(17)15-28)24(30)21-13-22(25(31)33-7-2)29(27-21)16-32-10-11-34(3,4)5/h8-9,13,17-18,24,30H,6-7,10-12,14-16H2,1-5H3. The highest BCUT2D eigenvalue weighted by Gasteiger charge is 2.45. The molecule has 9 heteroatoms. The zero-order chi connectivity index (χ0) is 24.5. The van der Waals surface area contributed by atoms with Gasteiger partial charge in [0, 0.05) is 30.1 Å². The molecule has 3 unspecified atom stereocenters. The van der Waals surface area contributed by atoms with Crippen LogP contribution in [0, 0.1) is 11.8 Å². The van der Waals surface area contributed by atoms with Crippen molar-refractivity contribution in [2.45, 2.75) is 39.5 Å². The Morgan fingerprint density at radius 3 is 2.62 bits per heavy atom. The summed E-state index contributed by atoms with van der Waals surface area (Å²) in [7, 11) is -0.673. The molecule has 34 heavy (non-hydrogen) atoms. The van der Waals surface area contributed by atoms with E-state index in [4.69, 9.17) is 14.5 Å². The second kappa shape index (κ2) is 10.3. The molecular formula is C25H38N4O4S. The smallest absolute Gasteiger partial charge is 0.356 e. The van der Waals surface area contributed by atoms with Crippen molar-refractivity contribution in [1.29, 1.82) is 0 Å². The van der Waals surface area contributed by atoms with Gasteiger partial charge in [0.05, 0.1) is 18.9 Å². The number of aliphatic hydroxyl groups excluding tert-OH is 1. The van der Waals surface area contributed by atoms with Crippen molar-refractivity contribution >= 4 is 21.8 Å². The number of hydrogen-bond acceptors (Lipinski definition) is 7. The van der Waals surface area contributed by atoms with Crippen LogP contribution in [0.4, 0.5) is 5.82 Å². The van der Waals surface area contributed by atoms with Gasteiger partial charge in [-0.2, -0.15) is 5.10 Å². The number of anilines is 1. The molecule has 3 heterocycles. The highest BCUT2D eigenvalue weighted by Crippen LogP contribution is 2.46. The number of piperidine rings is 1. The van der Waals surface area contributed by atoms with Crippen LogP contribution in [0.15, 0.2) is 18.2 Å². The number of carbonyl (C=O) groups is 1. The van der Waals surface area contributed by atoms with Crippen LogP contribution in [0.25, 0.3) is 0 Å². The normalized spacial score (nSPS) is 20.8. The molecule has 1 saturated heterocycles. The Labute approximate surface area is 204 Å². The highest BCUT2D eigenvalue weighted by molar-refractivity contribution is 8.32. The molecule has 2 aliphatic rings. The third-order valence-electron chi connectivity index (χ3n) is 6.54. The molecule has 2 aromatic rings. The van der Waals surface area contributed by atoms with Crippen molar-refractivity contribution in [3.63, 3.8) is 0 Å². The van der Waals surface area contributed by atoms with Crippen LogP contribution in [-0.4, -0.2) is 76.7 Å². The molecule has 2 fully saturated rings. The van der Waals surface area contributed by atoms with E-state index in [9.17, 15) is 9.90 Å². The van der Waals surface area contributed by atoms with Gasteiger partial charge >= 0.3 is 5.97 Å². The number of carbonyl (C=O) groups excluding carboxylic acids is 1. The average molecular weight is 491 g/mol. The Kier molecular flexibility index (Phi) is 7.54. The lowest BCUT2D eigenvalue weighted by molar-refractivity contribution is 0.0457. The first-order valence-corrected chi connectivity index (χ1v) is 15.1. The molecule has 1 saturated carbocycles. The maximum atomic E-state index is 12.5. The molecule has 1 aliphatic heterocycles. The van der Waals surface area contributed by atoms with E-state index in [1.807, 2.05) is 19.1 Å². The van der Waals surface area contributed by atoms with Crippen LogP contribution in [0.1, 0.15) is 53.8 Å². The molecule has 2 aromatic heterocycles. The van der Waals surface area contributed by atoms with E-state index in [-0.39, 0.29) is 19.0 Å². The number of fused-ring (bicyclic) bond motifs is 1. The molecule has 0 radical (unpaired) electrons. The lowest BCUT2D eigenvalue weighted by Crippen LogP contribution is -2.23. The summed E-state index contributed by atoms with van der Waals surface area (Å²) in [6, 6.07) is 5.54. The number of ether oxygens (including phenoxy) is 2. The zero-order valence-corrected chi connectivity index (χ0v) is 21.8. The first-order chi connectivity index (χ1) is 16.2. The van der Waals surface area contributed by atoms with E-state index in [1.165, 1.54) is 11.1 Å². The molecule has 3 atom stereocenters. The van der Waals surface area contributed by atoms with E-state index in [0.717, 1.165) is 42.2 Å². The number of aromatic nitrogens is 3. The largest absolute Gasteiger partial charge is 0.461 e. The van der Waals surface area contributed by atoms with Gasteiger partial charge < -0.3 is 19.5 Å². The van der Waals surface area contributed by atoms with Crippen molar-refractivity contribution in [2.75, 3.05) is 55.7 Å². The van der Waals surface area contributed by atoms with Crippen LogP contribution >= 0.6 is 10.0 Å². The molecule has 1 N–H and O–H groups in total. The fourth-order valence-corrected chi connectivity index (χ4v) is 5.07. The van der Waals surface area contributed by atoms with Gasteiger partial charge in [-0.3, -0.25) is 0 Å². The van der Waals surface area contributed by atoms with Gasteiger partial charge in [-0.25, -0.2) is 24.5 Å². The first kappa shape index (κ1) is 25.0. The summed E-state index contributed by atoms with van der Waals surface area (Å²) < 4.78 is 12.5. The van der Waals surface area contributed by atoms with E-state index < -0.39 is 22.1 Å². The molecule has 188 valence electrons. The molecule has 0 amide bonds. The predicted molar refractivity (Wildman–Crippen MR) is 136 cm³/mol. The monoisotopic (exact) mass is 490 g/mol. The quantitative estimate of drug-likeness (QED) is 0.382. The number of aliphatic hydroxyl groups is 1. The van der Waals surface area contributed by atoms with Gasteiger partial charge in [0.2, 0.25) is 0 Å². The second-order valence-electron chi connectivity index (χ2n) is 10.1. The van der Waals surface area contributed by atoms with Gasteiger partial charge in [-0.05, 0) is 62.5 Å². The van der Waals surface area contributed by atoms with E-state index >= 15 is 0 Å². The Morgan fingerprint density at radius 2 is 1.97 bits per heavy atom. The summed E-state index contributed by atoms with van der Waals surface area (Å²) in [5.74, 6) is 3.13. The number of esters is 1. The first-order valence-electron chi connectivity index (χ1n) is 12.1. The summed E-state index contributed by atoms with van der Waals surface area (Å²) in [6.07, 6.45) is 7.77. The van der Waals surface area contributed by atoms with Crippen molar-refractivity contribution < 1.29 is 19.4 Å². The van der Waals surface area contributed by atoms with Gasteiger partial charge in [0.15, 0.2) is 0 Å². The molecule has 0 spiro atoms. The minimum absolute atomic E-state index is 0.130. The van der Waals surface area contributed by atoms with Crippen LogP contribution in [0.5, 0.6) is 0 Å². The predicted octanol–water partition coefficient (Wildman–Crippen LogP) is 3.22. The SMILES string of the molecule is CCOC(=O)c1cc(C(O)c2ccc(N3CC4CC4C3)nc2CC)nn1COCCS(C)(C)C. The maximum absolute atomic E-state index is 12.5. The summed E-state index contributed by atoms with van der Waals surface area (Å²) in [4.78, 5) is 19.8. The molecular weight excluding hydrogens is 452 g/mol. The Bertz CT molecular complexity index is 1010. The summed E-state index contributed by atoms with van der Waals surface area (Å²) in [5, 5.41) is 15.7. The van der Waals surface area contributed by atoms with E-state index in [0.29, 0.717) is 24.3 Å². The average Bonchev–Trinajstić information content (AvgIpc) is 3.20. The number of nitrogens with zero attached hydrogens (tertiary/aromatic N) is 4. The fourth-order valence-electron chi connectivity index (χ4n) is 4.45. The van der Waals surface area contributed by atoms with Gasteiger partial charge in [-0.1, -0.05) is 13.0 Å². The summed E-state index contributed by atoms with van der Waals surface area (Å²) in [6.45, 7) is 6.94. The highest BCUT2D eigenvalue weighted by atomic mass is 32.3. The summed E-state index contributed by atoms with van der Waals surface area (Å²) >= 11 is 0. The van der Waals surface area contributed by atoms with Crippen LogP contribution < -0.4 is 4.90 Å². The topological polar surface area (TPSA) is 89.7 Å². The number of aryl methyl sites for hydroxylation is 1. The van der Waals surface area contributed by atoms with Gasteiger partial charge in [-0.15, -0.1) is 0 Å². The molecule has 8 nitrogen and oxygen atoms in total. The van der Waals surface area contributed by atoms with Crippen molar-refractivity contribution in [3.8, 4) is 0 Å². The van der Waals surface area contributed by atoms with Crippen molar-refractivity contribution in [1.82, 2.24) is 14.8 Å². The zero-order valence-electron chi connectivity index (χ0n) is 21.0.